The van der Waals surface area contributed by atoms with E-state index in [1.54, 1.807) is 5.57 Å². The summed E-state index contributed by atoms with van der Waals surface area (Å²) < 4.78 is 19.5. The number of nitrogen functional groups attached to an aromatic ring is 1. The third kappa shape index (κ3) is 12.1. The Morgan fingerprint density at radius 1 is 0.931 bits per heavy atom. The van der Waals surface area contributed by atoms with Crippen LogP contribution in [0, 0.1) is 58.7 Å². The third-order valence-corrected chi connectivity index (χ3v) is 18.8. The number of carbonyl (C=O) groups excluding carboxylic acids is 2. The van der Waals surface area contributed by atoms with E-state index in [-0.39, 0.29) is 36.7 Å². The van der Waals surface area contributed by atoms with Gasteiger partial charge in [0, 0.05) is 56.5 Å². The van der Waals surface area contributed by atoms with E-state index in [0.29, 0.717) is 75.8 Å². The second-order valence-electron chi connectivity index (χ2n) is 24.2. The maximum atomic E-state index is 13.0. The van der Waals surface area contributed by atoms with Crippen LogP contribution in [0.3, 0.4) is 0 Å². The summed E-state index contributed by atoms with van der Waals surface area (Å²) in [5, 5.41) is 23.8. The summed E-state index contributed by atoms with van der Waals surface area (Å²) in [6.45, 7) is 22.3. The molecule has 1 saturated heterocycles. The Hall–Kier alpha value is -3.82. The first kappa shape index (κ1) is 54.4. The molecule has 5 N–H and O–H groups in total. The molecule has 3 heterocycles. The summed E-state index contributed by atoms with van der Waals surface area (Å²) in [4.78, 5) is 39.6. The van der Waals surface area contributed by atoms with Crippen molar-refractivity contribution in [2.24, 2.45) is 51.8 Å². The van der Waals surface area contributed by atoms with E-state index < -0.39 is 5.41 Å². The number of hydrogen-bond donors (Lipinski definition) is 4. The van der Waals surface area contributed by atoms with Crippen molar-refractivity contribution in [3.05, 3.63) is 41.2 Å². The average Bonchev–Trinajstić information content (AvgIpc) is 3.89. The molecule has 1 aromatic carbocycles. The molecule has 4 fully saturated rings. The minimum Gasteiger partial charge on any atom is -0.446 e. The number of imidazole rings is 1. The number of allylic oxidation sites excluding steroid dienone is 1. The Balaban J connectivity index is 0.664. The summed E-state index contributed by atoms with van der Waals surface area (Å²) in [5.74, 6) is 6.16. The van der Waals surface area contributed by atoms with Crippen LogP contribution in [0.2, 0.25) is 0 Å². The first-order valence-corrected chi connectivity index (χ1v) is 28.1. The Bertz CT molecular complexity index is 2340. The highest BCUT2D eigenvalue weighted by molar-refractivity contribution is 6.06. The fourth-order valence-corrected chi connectivity index (χ4v) is 14.5. The first-order valence-electron chi connectivity index (χ1n) is 28.1. The van der Waals surface area contributed by atoms with E-state index in [0.717, 1.165) is 109 Å². The van der Waals surface area contributed by atoms with Gasteiger partial charge in [-0.3, -0.25) is 9.69 Å². The number of nitrogens with two attached hydrogens (primary N) is 1. The number of amides is 2. The van der Waals surface area contributed by atoms with Gasteiger partial charge in [0.2, 0.25) is 5.91 Å². The maximum Gasteiger partial charge on any atom is 0.407 e. The number of alkyl carbamates (subject to hydrolysis) is 1. The molecule has 14 nitrogen and oxygen atoms in total. The number of aliphatic hydroxyl groups is 2. The lowest BCUT2D eigenvalue weighted by Gasteiger charge is -2.58. The van der Waals surface area contributed by atoms with Gasteiger partial charge in [0.1, 0.15) is 17.4 Å². The summed E-state index contributed by atoms with van der Waals surface area (Å²) in [6, 6.07) is 6.32. The van der Waals surface area contributed by atoms with Crippen LogP contribution in [-0.2, 0) is 32.0 Å². The summed E-state index contributed by atoms with van der Waals surface area (Å²) in [5.41, 5.74) is 11.5. The van der Waals surface area contributed by atoms with Gasteiger partial charge in [0.15, 0.2) is 5.82 Å². The van der Waals surface area contributed by atoms with Crippen molar-refractivity contribution in [1.82, 2.24) is 29.7 Å². The minimum absolute atomic E-state index is 0.0715. The van der Waals surface area contributed by atoms with Crippen molar-refractivity contribution in [2.75, 3.05) is 84.6 Å². The SMILES string of the molecule is Cc1nc2c(N)nc3cc(CCCN4CCN(C(=O)CCOCCOCCNC(=O)O[C@H]5CC[C@@]6(C)C(=CC[C@H]7[C@@H]8CC[C@H]([C@H](C)CCCC(C)C)[C@@]8(C)CC[C@@H]76)C5)CC4)ccc3c2n1CC(C)(CO)CO. The highest BCUT2D eigenvalue weighted by Gasteiger charge is 2.59. The largest absolute Gasteiger partial charge is 0.446 e. The lowest BCUT2D eigenvalue weighted by atomic mass is 9.47. The smallest absolute Gasteiger partial charge is 0.407 e. The van der Waals surface area contributed by atoms with Gasteiger partial charge in [-0.25, -0.2) is 14.8 Å². The summed E-state index contributed by atoms with van der Waals surface area (Å²) >= 11 is 0. The number of fused-ring (bicyclic) bond motifs is 8. The second kappa shape index (κ2) is 23.8. The highest BCUT2D eigenvalue weighted by atomic mass is 16.6. The van der Waals surface area contributed by atoms with E-state index in [1.165, 1.54) is 56.9 Å². The number of aromatic nitrogens is 3. The monoisotopic (exact) mass is 998 g/mol. The zero-order valence-electron chi connectivity index (χ0n) is 45.2. The van der Waals surface area contributed by atoms with Crippen molar-refractivity contribution < 1.29 is 34.0 Å². The van der Waals surface area contributed by atoms with Gasteiger partial charge in [0.25, 0.3) is 0 Å². The Labute approximate surface area is 430 Å². The maximum absolute atomic E-state index is 13.0. The first-order chi connectivity index (χ1) is 34.6. The van der Waals surface area contributed by atoms with E-state index in [4.69, 9.17) is 24.9 Å². The Morgan fingerprint density at radius 3 is 2.44 bits per heavy atom. The molecule has 3 saturated carbocycles. The molecule has 2 amide bonds. The normalized spacial score (nSPS) is 27.2. The topological polar surface area (TPSA) is 178 Å². The third-order valence-electron chi connectivity index (χ3n) is 18.8. The lowest BCUT2D eigenvalue weighted by molar-refractivity contribution is -0.134. The van der Waals surface area contributed by atoms with E-state index in [1.807, 2.05) is 23.3 Å². The standard InChI is InChI=1S/C58H91N7O7/c1-39(2)10-8-11-40(3)47-17-18-48-45-16-14-43-35-44(19-22-57(43,6)49(45)20-23-58(47,48)7)72-55(69)60-24-31-71-33-32-70-30-21-51(68)64-28-26-63(27-29-64)25-9-12-42-13-15-46-50(34-42)62-54(59)52-53(46)65(41(4)61-52)36-56(5,37-66)38-67/h13-15,34,39-40,44-45,47-49,66-67H,8-12,16-33,35-38H2,1-7H3,(H2,59,62)(H,60,69)/t40-,44+,45+,47-,48+,49+,57+,58-/m1/s1. The van der Waals surface area contributed by atoms with Crippen molar-refractivity contribution in [2.45, 2.75) is 151 Å². The molecule has 2 aromatic heterocycles. The zero-order chi connectivity index (χ0) is 51.2. The molecule has 0 unspecified atom stereocenters. The molecule has 4 aliphatic carbocycles. The molecule has 72 heavy (non-hydrogen) atoms. The number of aliphatic hydroxyl groups excluding tert-OH is 2. The van der Waals surface area contributed by atoms with Crippen LogP contribution in [0.5, 0.6) is 0 Å². The van der Waals surface area contributed by atoms with Crippen molar-refractivity contribution in [3.8, 4) is 0 Å². The van der Waals surface area contributed by atoms with Crippen LogP contribution < -0.4 is 11.1 Å². The van der Waals surface area contributed by atoms with Crippen molar-refractivity contribution >= 4 is 39.8 Å². The molecule has 8 atom stereocenters. The fourth-order valence-electron chi connectivity index (χ4n) is 14.5. The number of aryl methyl sites for hydroxylation is 2. The number of benzene rings is 1. The molecular weight excluding hydrogens is 907 g/mol. The lowest BCUT2D eigenvalue weighted by Crippen LogP contribution is -2.51. The predicted molar refractivity (Wildman–Crippen MR) is 285 cm³/mol. The van der Waals surface area contributed by atoms with Crippen LogP contribution in [0.25, 0.3) is 21.9 Å². The van der Waals surface area contributed by atoms with Crippen LogP contribution in [-0.4, -0.2) is 132 Å². The van der Waals surface area contributed by atoms with Gasteiger partial charge in [0.05, 0.1) is 57.1 Å². The molecule has 400 valence electrons. The molecular formula is C58H91N7O7. The van der Waals surface area contributed by atoms with Gasteiger partial charge in [-0.05, 0) is 129 Å². The molecule has 0 bridgehead atoms. The molecule has 3 aromatic rings. The molecule has 0 radical (unpaired) electrons. The molecule has 8 rings (SSSR count). The number of piperazine rings is 1. The van der Waals surface area contributed by atoms with Crippen LogP contribution in [0.15, 0.2) is 29.8 Å². The fraction of sp³-hybridized carbons (Fsp3) is 0.759. The number of nitrogens with one attached hydrogen (secondary N) is 1. The molecule has 0 spiro atoms. The Kier molecular flexibility index (Phi) is 18.0. The number of ether oxygens (including phenoxy) is 3. The van der Waals surface area contributed by atoms with Gasteiger partial charge >= 0.3 is 6.09 Å². The van der Waals surface area contributed by atoms with Crippen LogP contribution in [0.4, 0.5) is 10.6 Å². The predicted octanol–water partition coefficient (Wildman–Crippen LogP) is 9.10. The second-order valence-corrected chi connectivity index (χ2v) is 24.2. The van der Waals surface area contributed by atoms with Gasteiger partial charge in [-0.1, -0.05) is 84.6 Å². The Morgan fingerprint density at radius 2 is 1.69 bits per heavy atom. The van der Waals surface area contributed by atoms with Gasteiger partial charge in [-0.2, -0.15) is 0 Å². The quantitative estimate of drug-likeness (QED) is 0.0527. The number of rotatable bonds is 23. The van der Waals surface area contributed by atoms with Gasteiger partial charge < -0.3 is 44.9 Å². The minimum atomic E-state index is -0.701. The number of carbonyl (C=O) groups is 2. The summed E-state index contributed by atoms with van der Waals surface area (Å²) in [7, 11) is 0. The number of anilines is 1. The molecule has 1 aliphatic heterocycles. The van der Waals surface area contributed by atoms with Crippen LogP contribution in [0.1, 0.15) is 136 Å². The molecule has 5 aliphatic rings. The van der Waals surface area contributed by atoms with Crippen LogP contribution >= 0.6 is 0 Å². The number of nitrogens with zero attached hydrogens (tertiary/aromatic N) is 5. The van der Waals surface area contributed by atoms with Crippen molar-refractivity contribution in [3.63, 3.8) is 0 Å². The average molecular weight is 998 g/mol. The van der Waals surface area contributed by atoms with Crippen molar-refractivity contribution in [1.29, 1.82) is 0 Å². The van der Waals surface area contributed by atoms with Gasteiger partial charge in [-0.15, -0.1) is 0 Å². The summed E-state index contributed by atoms with van der Waals surface area (Å²) in [6.07, 6.45) is 18.2. The number of hydrogen-bond acceptors (Lipinski definition) is 11. The molecule has 14 heteroatoms. The van der Waals surface area contributed by atoms with E-state index in [9.17, 15) is 19.8 Å². The van der Waals surface area contributed by atoms with E-state index in [2.05, 4.69) is 74.1 Å². The van der Waals surface area contributed by atoms with E-state index >= 15 is 0 Å². The zero-order valence-corrected chi connectivity index (χ0v) is 45.2. The number of pyridine rings is 1. The highest BCUT2D eigenvalue weighted by Crippen LogP contribution is 2.67.